The highest BCUT2D eigenvalue weighted by Crippen LogP contribution is 2.41. The Morgan fingerprint density at radius 1 is 1.05 bits per heavy atom. The molecule has 0 saturated carbocycles. The van der Waals surface area contributed by atoms with Crippen molar-refractivity contribution in [3.05, 3.63) is 0 Å². The van der Waals surface area contributed by atoms with E-state index >= 15 is 0 Å². The summed E-state index contributed by atoms with van der Waals surface area (Å²) in [6.45, 7) is 7.17. The van der Waals surface area contributed by atoms with Crippen molar-refractivity contribution >= 4 is 11.9 Å². The molecular weight excluding hydrogens is 260 g/mol. The van der Waals surface area contributed by atoms with Crippen LogP contribution in [-0.4, -0.2) is 38.4 Å². The maximum Gasteiger partial charge on any atom is 0.323 e. The first-order valence-electron chi connectivity index (χ1n) is 7.55. The van der Waals surface area contributed by atoms with Gasteiger partial charge in [0.05, 0.1) is 13.2 Å². The molecule has 0 aliphatic carbocycles. The Morgan fingerprint density at radius 2 is 1.55 bits per heavy atom. The SMILES string of the molecule is CCCC(C(=O)OCC)(C(=O)OCC)C1CCOCC1. The van der Waals surface area contributed by atoms with E-state index < -0.39 is 17.4 Å². The summed E-state index contributed by atoms with van der Waals surface area (Å²) in [5, 5.41) is 0. The van der Waals surface area contributed by atoms with Gasteiger partial charge in [-0.25, -0.2) is 0 Å². The molecule has 1 heterocycles. The van der Waals surface area contributed by atoms with Gasteiger partial charge in [0.25, 0.3) is 0 Å². The van der Waals surface area contributed by atoms with Gasteiger partial charge in [-0.3, -0.25) is 9.59 Å². The van der Waals surface area contributed by atoms with Gasteiger partial charge in [0.15, 0.2) is 5.41 Å². The third-order valence-corrected chi connectivity index (χ3v) is 3.84. The first-order chi connectivity index (χ1) is 9.63. The topological polar surface area (TPSA) is 61.8 Å². The monoisotopic (exact) mass is 286 g/mol. The van der Waals surface area contributed by atoms with Gasteiger partial charge in [-0.05, 0) is 39.0 Å². The van der Waals surface area contributed by atoms with Crippen molar-refractivity contribution < 1.29 is 23.8 Å². The highest BCUT2D eigenvalue weighted by Gasteiger charge is 2.54. The zero-order valence-electron chi connectivity index (χ0n) is 12.8. The quantitative estimate of drug-likeness (QED) is 0.531. The van der Waals surface area contributed by atoms with Crippen LogP contribution in [0.15, 0.2) is 0 Å². The lowest BCUT2D eigenvalue weighted by Crippen LogP contribution is -2.49. The second kappa shape index (κ2) is 8.25. The largest absolute Gasteiger partial charge is 0.465 e. The van der Waals surface area contributed by atoms with Crippen molar-refractivity contribution in [1.82, 2.24) is 0 Å². The van der Waals surface area contributed by atoms with Crippen LogP contribution in [0.1, 0.15) is 46.5 Å². The first kappa shape index (κ1) is 17.0. The Hall–Kier alpha value is -1.10. The molecule has 1 saturated heterocycles. The van der Waals surface area contributed by atoms with Crippen LogP contribution in [0.4, 0.5) is 0 Å². The van der Waals surface area contributed by atoms with Crippen molar-refractivity contribution in [2.24, 2.45) is 11.3 Å². The van der Waals surface area contributed by atoms with Gasteiger partial charge >= 0.3 is 11.9 Å². The molecule has 116 valence electrons. The summed E-state index contributed by atoms with van der Waals surface area (Å²) in [4.78, 5) is 25.0. The third kappa shape index (κ3) is 3.51. The number of hydrogen-bond donors (Lipinski definition) is 0. The van der Waals surface area contributed by atoms with E-state index in [-0.39, 0.29) is 19.1 Å². The Kier molecular flexibility index (Phi) is 6.99. The Labute approximate surface area is 121 Å². The average Bonchev–Trinajstić information content (AvgIpc) is 2.46. The predicted octanol–water partition coefficient (Wildman–Crippen LogP) is 2.33. The molecule has 1 fully saturated rings. The molecule has 1 rings (SSSR count). The van der Waals surface area contributed by atoms with Crippen LogP contribution in [0.5, 0.6) is 0 Å². The van der Waals surface area contributed by atoms with Crippen molar-refractivity contribution in [2.45, 2.75) is 46.5 Å². The molecule has 0 bridgehead atoms. The number of carbonyl (C=O) groups is 2. The summed E-state index contributed by atoms with van der Waals surface area (Å²) in [6.07, 6.45) is 2.58. The van der Waals surface area contributed by atoms with Gasteiger partial charge in [-0.1, -0.05) is 13.3 Å². The zero-order valence-corrected chi connectivity index (χ0v) is 12.8. The molecule has 20 heavy (non-hydrogen) atoms. The molecule has 0 aromatic rings. The standard InChI is InChI=1S/C15H26O5/c1-4-9-15(13(16)19-5-2,14(17)20-6-3)12-7-10-18-11-8-12/h12H,4-11H2,1-3H3. The predicted molar refractivity (Wildman–Crippen MR) is 74.2 cm³/mol. The van der Waals surface area contributed by atoms with Crippen molar-refractivity contribution in [2.75, 3.05) is 26.4 Å². The molecule has 0 aromatic carbocycles. The van der Waals surface area contributed by atoms with Crippen molar-refractivity contribution in [3.8, 4) is 0 Å². The van der Waals surface area contributed by atoms with Crippen LogP contribution in [0.25, 0.3) is 0 Å². The van der Waals surface area contributed by atoms with E-state index in [1.165, 1.54) is 0 Å². The van der Waals surface area contributed by atoms with E-state index in [4.69, 9.17) is 14.2 Å². The summed E-state index contributed by atoms with van der Waals surface area (Å²) < 4.78 is 15.7. The molecular formula is C15H26O5. The molecule has 1 aliphatic rings. The summed E-state index contributed by atoms with van der Waals surface area (Å²) in [5.74, 6) is -0.936. The highest BCUT2D eigenvalue weighted by molar-refractivity contribution is 6.00. The zero-order chi connectivity index (χ0) is 15.0. The first-order valence-corrected chi connectivity index (χ1v) is 7.55. The minimum atomic E-state index is -1.16. The number of esters is 2. The van der Waals surface area contributed by atoms with Crippen LogP contribution in [0, 0.1) is 11.3 Å². The molecule has 0 amide bonds. The number of ether oxygens (including phenoxy) is 3. The van der Waals surface area contributed by atoms with Crippen LogP contribution in [-0.2, 0) is 23.8 Å². The smallest absolute Gasteiger partial charge is 0.323 e. The van der Waals surface area contributed by atoms with Crippen LogP contribution >= 0.6 is 0 Å². The molecule has 0 aromatic heterocycles. The Balaban J connectivity index is 3.09. The van der Waals surface area contributed by atoms with Gasteiger partial charge in [0, 0.05) is 13.2 Å². The lowest BCUT2D eigenvalue weighted by molar-refractivity contribution is -0.180. The lowest BCUT2D eigenvalue weighted by atomic mass is 9.68. The average molecular weight is 286 g/mol. The highest BCUT2D eigenvalue weighted by atomic mass is 16.6. The van der Waals surface area contributed by atoms with Crippen LogP contribution in [0.3, 0.4) is 0 Å². The maximum absolute atomic E-state index is 12.5. The Bertz CT molecular complexity index is 302. The van der Waals surface area contributed by atoms with E-state index in [2.05, 4.69) is 0 Å². The normalized spacial score (nSPS) is 16.8. The lowest BCUT2D eigenvalue weighted by Gasteiger charge is -2.38. The van der Waals surface area contributed by atoms with Gasteiger partial charge < -0.3 is 14.2 Å². The minimum Gasteiger partial charge on any atom is -0.465 e. The van der Waals surface area contributed by atoms with Gasteiger partial charge in [0.1, 0.15) is 0 Å². The van der Waals surface area contributed by atoms with E-state index in [0.29, 0.717) is 32.5 Å². The molecule has 5 nitrogen and oxygen atoms in total. The summed E-state index contributed by atoms with van der Waals surface area (Å²) in [6, 6.07) is 0. The fourth-order valence-corrected chi connectivity index (χ4v) is 2.93. The minimum absolute atomic E-state index is 0.0608. The molecule has 1 aliphatic heterocycles. The fourth-order valence-electron chi connectivity index (χ4n) is 2.93. The van der Waals surface area contributed by atoms with E-state index in [1.807, 2.05) is 6.92 Å². The molecule has 0 N–H and O–H groups in total. The third-order valence-electron chi connectivity index (χ3n) is 3.84. The van der Waals surface area contributed by atoms with Crippen LogP contribution < -0.4 is 0 Å². The molecule has 0 atom stereocenters. The van der Waals surface area contributed by atoms with Crippen molar-refractivity contribution in [3.63, 3.8) is 0 Å². The summed E-state index contributed by atoms with van der Waals surface area (Å²) in [7, 11) is 0. The molecule has 0 radical (unpaired) electrons. The second-order valence-corrected chi connectivity index (χ2v) is 5.05. The Morgan fingerprint density at radius 3 is 1.95 bits per heavy atom. The number of rotatable bonds is 7. The van der Waals surface area contributed by atoms with Gasteiger partial charge in [-0.15, -0.1) is 0 Å². The van der Waals surface area contributed by atoms with E-state index in [1.54, 1.807) is 13.8 Å². The van der Waals surface area contributed by atoms with Gasteiger partial charge in [-0.2, -0.15) is 0 Å². The van der Waals surface area contributed by atoms with Crippen LogP contribution in [0.2, 0.25) is 0 Å². The maximum atomic E-state index is 12.5. The number of carbonyl (C=O) groups excluding carboxylic acids is 2. The summed E-state index contributed by atoms with van der Waals surface area (Å²) in [5.41, 5.74) is -1.16. The number of hydrogen-bond acceptors (Lipinski definition) is 5. The second-order valence-electron chi connectivity index (χ2n) is 5.05. The molecule has 0 unspecified atom stereocenters. The molecule has 5 heteroatoms. The van der Waals surface area contributed by atoms with Gasteiger partial charge in [0.2, 0.25) is 0 Å². The molecule has 0 spiro atoms. The van der Waals surface area contributed by atoms with E-state index in [0.717, 1.165) is 6.42 Å². The van der Waals surface area contributed by atoms with Crippen molar-refractivity contribution in [1.29, 1.82) is 0 Å². The fraction of sp³-hybridized carbons (Fsp3) is 0.867. The summed E-state index contributed by atoms with van der Waals surface area (Å²) >= 11 is 0. The van der Waals surface area contributed by atoms with E-state index in [9.17, 15) is 9.59 Å².